The van der Waals surface area contributed by atoms with Gasteiger partial charge in [-0.2, -0.15) is 0 Å². The zero-order valence-electron chi connectivity index (χ0n) is 66.6. The van der Waals surface area contributed by atoms with Crippen molar-refractivity contribution in [3.05, 3.63) is 65.7 Å². The Bertz CT molecular complexity index is 3640. The van der Waals surface area contributed by atoms with Crippen molar-refractivity contribution in [3.8, 4) is 5.75 Å². The van der Waals surface area contributed by atoms with Crippen molar-refractivity contribution in [1.29, 1.82) is 0 Å². The van der Waals surface area contributed by atoms with Crippen LogP contribution in [0, 0.1) is 11.8 Å². The summed E-state index contributed by atoms with van der Waals surface area (Å²) < 4.78 is 0. The molecule has 13 amide bonds. The van der Waals surface area contributed by atoms with Crippen LogP contribution in [-0.4, -0.2) is 241 Å². The number of rotatable bonds is 55. The first-order chi connectivity index (χ1) is 55.0. The molecule has 1 aliphatic rings. The summed E-state index contributed by atoms with van der Waals surface area (Å²) in [7, 11) is 0. The van der Waals surface area contributed by atoms with E-state index in [9.17, 15) is 72.5 Å². The Hall–Kier alpha value is -11.5. The molecule has 646 valence electrons. The van der Waals surface area contributed by atoms with Crippen molar-refractivity contribution in [2.75, 3.05) is 52.4 Å². The van der Waals surface area contributed by atoms with Crippen LogP contribution in [0.2, 0.25) is 0 Å². The molecule has 0 radical (unpaired) electrons. The van der Waals surface area contributed by atoms with Crippen LogP contribution in [0.5, 0.6) is 5.75 Å². The van der Waals surface area contributed by atoms with Gasteiger partial charge in [-0.15, -0.1) is 0 Å². The Labute approximate surface area is 674 Å². The zero-order chi connectivity index (χ0) is 86.6. The second-order valence-electron chi connectivity index (χ2n) is 28.8. The lowest BCUT2D eigenvalue weighted by Gasteiger charge is -2.32. The van der Waals surface area contributed by atoms with Gasteiger partial charge in [-0.3, -0.25) is 82.1 Å². The molecule has 3 rings (SSSR count). The number of guanidine groups is 3. The van der Waals surface area contributed by atoms with E-state index >= 15 is 4.79 Å². The van der Waals surface area contributed by atoms with Crippen molar-refractivity contribution in [1.82, 2.24) is 63.4 Å². The van der Waals surface area contributed by atoms with Gasteiger partial charge in [0.2, 0.25) is 76.8 Å². The third-order valence-electron chi connectivity index (χ3n) is 18.8. The molecule has 0 aromatic heterocycles. The topological polar surface area (TPSA) is 738 Å². The summed E-state index contributed by atoms with van der Waals surface area (Å²) in [5, 5.41) is 47.8. The number of carboxylic acids is 1. The van der Waals surface area contributed by atoms with Crippen molar-refractivity contribution < 1.29 is 77.3 Å². The first-order valence-corrected chi connectivity index (χ1v) is 39.0. The van der Waals surface area contributed by atoms with Gasteiger partial charge in [0.05, 0.1) is 19.0 Å². The van der Waals surface area contributed by atoms with E-state index in [1.165, 1.54) is 29.2 Å². The van der Waals surface area contributed by atoms with Crippen LogP contribution in [0.4, 0.5) is 0 Å². The average Bonchev–Trinajstić information content (AvgIpc) is 1.61. The van der Waals surface area contributed by atoms with Gasteiger partial charge in [-0.1, -0.05) is 76.6 Å². The van der Waals surface area contributed by atoms with Gasteiger partial charge in [-0.25, -0.2) is 0 Å². The molecule has 42 heteroatoms. The Morgan fingerprint density at radius 1 is 0.483 bits per heavy atom. The number of phenolic OH excluding ortho intramolecular Hbond substituents is 1. The van der Waals surface area contributed by atoms with E-state index in [0.717, 1.165) is 0 Å². The van der Waals surface area contributed by atoms with E-state index in [4.69, 9.17) is 63.1 Å². The Balaban J connectivity index is 1.97. The monoisotopic (exact) mass is 1630 g/mol. The van der Waals surface area contributed by atoms with Crippen LogP contribution < -0.4 is 122 Å². The van der Waals surface area contributed by atoms with E-state index in [2.05, 4.69) is 73.5 Å². The highest BCUT2D eigenvalue weighted by atomic mass is 16.4. The normalized spacial score (nSPS) is 15.5. The minimum Gasteiger partial charge on any atom is -0.508 e. The van der Waals surface area contributed by atoms with Gasteiger partial charge in [0, 0.05) is 39.1 Å². The SMILES string of the molecule is CC[C@H](C)[C@H](NC(=O)[C@H](CCCN=C(N)N)NC(=O)[C@H](CCCN=C(N)N)NC(=O)[C@H](CN)NC(=O)[C@H](Cc1ccccc1)NC(=O)CNC(=O)[C@@H](CC(=O)O)NC(=O)[C@@H](N)Cc1ccc(O)cc1)C(=O)N[C@@H](CCCN=C(N)N)C(=O)N1CCC[C@H]1C(=O)N[C@@H](CCCCN)C(=O)N[C@@H](CC(C)C)C(=O)N[C@@H](CCCCN)C(N)=O. The van der Waals surface area contributed by atoms with E-state index in [1.54, 1.807) is 44.2 Å². The summed E-state index contributed by atoms with van der Waals surface area (Å²) in [6.07, 6.45) is 1.49. The summed E-state index contributed by atoms with van der Waals surface area (Å²) in [6, 6.07) is -2.67. The lowest BCUT2D eigenvalue weighted by atomic mass is 9.96. The number of primary amides is 1. The van der Waals surface area contributed by atoms with Crippen LogP contribution in [0.15, 0.2) is 69.6 Å². The number of phenols is 1. The fraction of sp³-hybridized carbons (Fsp3) is 0.608. The molecule has 42 nitrogen and oxygen atoms in total. The minimum atomic E-state index is -1.72. The third kappa shape index (κ3) is 37.2. The number of aliphatic carboxylic acids is 1. The second kappa shape index (κ2) is 52.8. The van der Waals surface area contributed by atoms with Crippen LogP contribution in [0.25, 0.3) is 0 Å². The van der Waals surface area contributed by atoms with Gasteiger partial charge in [0.25, 0.3) is 0 Å². The average molecular weight is 1630 g/mol. The molecule has 0 aliphatic carbocycles. The molecule has 116 heavy (non-hydrogen) atoms. The Morgan fingerprint density at radius 3 is 1.44 bits per heavy atom. The number of unbranched alkanes of at least 4 members (excludes halogenated alkanes) is 2. The molecule has 13 atom stereocenters. The lowest BCUT2D eigenvalue weighted by molar-refractivity contribution is -0.143. The van der Waals surface area contributed by atoms with Crippen LogP contribution in [0.1, 0.15) is 148 Å². The van der Waals surface area contributed by atoms with Gasteiger partial charge < -0.3 is 137 Å². The maximum absolute atomic E-state index is 15.1. The van der Waals surface area contributed by atoms with Crippen molar-refractivity contribution >= 4 is 101 Å². The number of aromatic hydroxyl groups is 1. The fourth-order valence-electron chi connectivity index (χ4n) is 12.4. The van der Waals surface area contributed by atoms with Gasteiger partial charge in [0.15, 0.2) is 17.9 Å². The summed E-state index contributed by atoms with van der Waals surface area (Å²) in [6.45, 7) is 6.09. The number of carbonyl (C=O) groups is 14. The molecular weight excluding hydrogens is 1510 g/mol. The number of nitrogens with two attached hydrogens (primary N) is 11. The number of carboxylic acid groups (broad SMARTS) is 1. The van der Waals surface area contributed by atoms with E-state index < -0.39 is 181 Å². The quantitative estimate of drug-likeness (QED) is 0.0166. The molecule has 2 aromatic carbocycles. The number of nitrogens with zero attached hydrogens (tertiary/aromatic N) is 4. The highest BCUT2D eigenvalue weighted by Crippen LogP contribution is 2.22. The number of hydrogen-bond donors (Lipinski definition) is 24. The molecule has 1 heterocycles. The van der Waals surface area contributed by atoms with Crippen molar-refractivity contribution in [2.45, 2.75) is 222 Å². The maximum Gasteiger partial charge on any atom is 0.305 e. The van der Waals surface area contributed by atoms with Crippen LogP contribution in [0.3, 0.4) is 0 Å². The number of likely N-dealkylation sites (tertiary alicyclic amines) is 1. The molecule has 1 aliphatic heterocycles. The molecule has 0 saturated carbocycles. The van der Waals surface area contributed by atoms with Crippen LogP contribution in [-0.2, 0) is 80.0 Å². The summed E-state index contributed by atoms with van der Waals surface area (Å²) in [4.78, 5) is 209. The zero-order valence-corrected chi connectivity index (χ0v) is 66.6. The Morgan fingerprint density at radius 2 is 0.931 bits per heavy atom. The minimum absolute atomic E-state index is 0.00208. The summed E-state index contributed by atoms with van der Waals surface area (Å²) in [5.41, 5.74) is 64.1. The van der Waals surface area contributed by atoms with E-state index in [-0.39, 0.29) is 146 Å². The highest BCUT2D eigenvalue weighted by Gasteiger charge is 2.42. The molecule has 0 spiro atoms. The molecule has 2 aromatic rings. The smallest absolute Gasteiger partial charge is 0.305 e. The number of benzene rings is 2. The number of hydrogen-bond acceptors (Lipinski definition) is 22. The van der Waals surface area contributed by atoms with E-state index in [0.29, 0.717) is 49.8 Å². The lowest BCUT2D eigenvalue weighted by Crippen LogP contribution is -2.62. The highest BCUT2D eigenvalue weighted by molar-refractivity contribution is 6.00. The first-order valence-electron chi connectivity index (χ1n) is 39.0. The standard InChI is InChI=1S/C74H124N26O16/c1-5-42(4)59(70(115)95-51(23-15-33-88-74(84)85)71(116)100-34-16-24-56(100)69(114)94-48(20-10-12-30-76)64(109)97-52(35-41(2)3)66(111)91-47(60(79)105)19-9-11-29-75)99-65(110)50(22-14-32-87-73(82)83)92-63(108)49(21-13-31-86-72(80)81)93-68(113)55(39-77)98-67(112)53(37-43-17-7-6-8-18-43)90-57(102)40-89-62(107)54(38-58(103)104)96-61(106)46(78)36-44-25-27-45(101)28-26-44/h6-8,17-18,25-28,41-42,46-56,59,101H,5,9-16,19-24,29-40,75-78H2,1-4H3,(H2,79,105)(H,89,107)(H,90,102)(H,91,111)(H,92,108)(H,93,113)(H,94,114)(H,95,115)(H,96,106)(H,97,109)(H,98,112)(H,99,110)(H,103,104)(H4,80,81,86)(H4,82,83,87)(H4,84,85,88)/t42-,46-,47-,48-,49-,50-,51-,52-,53-,54+,55-,56-,59-/m0/s1. The third-order valence-corrected chi connectivity index (χ3v) is 18.8. The summed E-state index contributed by atoms with van der Waals surface area (Å²) in [5.74, 6) is -14.6. The van der Waals surface area contributed by atoms with Crippen molar-refractivity contribution in [3.63, 3.8) is 0 Å². The fourth-order valence-corrected chi connectivity index (χ4v) is 12.4. The number of nitrogens with one attached hydrogen (secondary N) is 11. The predicted octanol–water partition coefficient (Wildman–Crippen LogP) is -7.11. The molecular formula is C74H124N26O16. The predicted molar refractivity (Wildman–Crippen MR) is 432 cm³/mol. The van der Waals surface area contributed by atoms with E-state index in [1.807, 2.05) is 13.8 Å². The van der Waals surface area contributed by atoms with Gasteiger partial charge >= 0.3 is 5.97 Å². The molecule has 1 saturated heterocycles. The maximum atomic E-state index is 15.1. The number of carbonyl (C=O) groups excluding carboxylic acids is 13. The largest absolute Gasteiger partial charge is 0.508 e. The first kappa shape index (κ1) is 98.7. The van der Waals surface area contributed by atoms with Crippen LogP contribution >= 0.6 is 0 Å². The molecule has 1 fully saturated rings. The molecule has 35 N–H and O–H groups in total. The second-order valence-corrected chi connectivity index (χ2v) is 28.8. The summed E-state index contributed by atoms with van der Waals surface area (Å²) >= 11 is 0. The Kier molecular flexibility index (Phi) is 44.9. The number of amides is 13. The van der Waals surface area contributed by atoms with Gasteiger partial charge in [-0.05, 0) is 151 Å². The molecule has 0 unspecified atom stereocenters. The van der Waals surface area contributed by atoms with Crippen molar-refractivity contribution in [2.24, 2.45) is 89.9 Å². The number of aliphatic imine (C=N–C) groups is 3. The molecule has 0 bridgehead atoms. The van der Waals surface area contributed by atoms with Gasteiger partial charge in [0.1, 0.15) is 72.2 Å².